The van der Waals surface area contributed by atoms with E-state index in [-0.39, 0.29) is 11.8 Å². The Balaban J connectivity index is 1.74. The molecule has 0 bridgehead atoms. The summed E-state index contributed by atoms with van der Waals surface area (Å²) < 4.78 is 0. The zero-order chi connectivity index (χ0) is 13.9. The summed E-state index contributed by atoms with van der Waals surface area (Å²) in [6.45, 7) is 1.94. The largest absolute Gasteiger partial charge is 0.272 e. The minimum absolute atomic E-state index is 0.0286. The lowest BCUT2D eigenvalue weighted by molar-refractivity contribution is -0.120. The number of rotatable bonds is 3. The second-order valence-electron chi connectivity index (χ2n) is 5.36. The highest BCUT2D eigenvalue weighted by atomic mass is 16.1. The molecule has 2 aromatic rings. The first-order valence-electron chi connectivity index (χ1n) is 6.97. The molecule has 0 aromatic heterocycles. The lowest BCUT2D eigenvalue weighted by Crippen LogP contribution is -2.03. The van der Waals surface area contributed by atoms with Gasteiger partial charge in [-0.3, -0.25) is 4.79 Å². The standard InChI is InChI=1S/C18H17NO/c1-13-11-17(19-18(13)20)12-14-7-9-16(10-8-14)15-5-3-2-4-6-15/h2-10,13H,11-12H2,1H3. The molecule has 0 saturated carbocycles. The molecule has 1 atom stereocenters. The topological polar surface area (TPSA) is 29.4 Å². The molecule has 1 amide bonds. The normalized spacial score (nSPS) is 18.1. The quantitative estimate of drug-likeness (QED) is 0.825. The minimum atomic E-state index is 0.0286. The van der Waals surface area contributed by atoms with Gasteiger partial charge >= 0.3 is 0 Å². The Hall–Kier alpha value is -2.22. The molecule has 1 unspecified atom stereocenters. The first-order valence-corrected chi connectivity index (χ1v) is 6.97. The summed E-state index contributed by atoms with van der Waals surface area (Å²) in [4.78, 5) is 15.5. The van der Waals surface area contributed by atoms with Crippen LogP contribution in [-0.4, -0.2) is 11.6 Å². The van der Waals surface area contributed by atoms with E-state index in [1.54, 1.807) is 0 Å². The molecule has 0 aliphatic carbocycles. The number of hydrogen-bond donors (Lipinski definition) is 0. The van der Waals surface area contributed by atoms with Crippen LogP contribution in [0.5, 0.6) is 0 Å². The van der Waals surface area contributed by atoms with Gasteiger partial charge in [0.25, 0.3) is 0 Å². The molecule has 1 heterocycles. The van der Waals surface area contributed by atoms with Crippen LogP contribution in [0.4, 0.5) is 0 Å². The molecular formula is C18H17NO. The zero-order valence-corrected chi connectivity index (χ0v) is 11.5. The molecule has 1 aliphatic rings. The van der Waals surface area contributed by atoms with Gasteiger partial charge in [0, 0.05) is 18.1 Å². The number of amides is 1. The van der Waals surface area contributed by atoms with Gasteiger partial charge in [-0.05, 0) is 23.1 Å². The number of benzene rings is 2. The molecular weight excluding hydrogens is 246 g/mol. The monoisotopic (exact) mass is 263 g/mol. The average molecular weight is 263 g/mol. The van der Waals surface area contributed by atoms with E-state index < -0.39 is 0 Å². The van der Waals surface area contributed by atoms with Gasteiger partial charge in [0.15, 0.2) is 0 Å². The summed E-state index contributed by atoms with van der Waals surface area (Å²) in [7, 11) is 0. The van der Waals surface area contributed by atoms with Crippen molar-refractivity contribution in [1.29, 1.82) is 0 Å². The van der Waals surface area contributed by atoms with E-state index in [1.807, 2.05) is 25.1 Å². The summed E-state index contributed by atoms with van der Waals surface area (Å²) in [6, 6.07) is 18.8. The van der Waals surface area contributed by atoms with Crippen LogP contribution in [0.3, 0.4) is 0 Å². The van der Waals surface area contributed by atoms with Crippen molar-refractivity contribution < 1.29 is 4.79 Å². The first kappa shape index (κ1) is 12.8. The van der Waals surface area contributed by atoms with E-state index in [0.29, 0.717) is 0 Å². The minimum Gasteiger partial charge on any atom is -0.272 e. The number of hydrogen-bond acceptors (Lipinski definition) is 1. The van der Waals surface area contributed by atoms with Crippen LogP contribution in [0.2, 0.25) is 0 Å². The highest BCUT2D eigenvalue weighted by Gasteiger charge is 2.22. The molecule has 0 saturated heterocycles. The number of aliphatic imine (C=N–C) groups is 1. The van der Waals surface area contributed by atoms with Crippen molar-refractivity contribution in [3.63, 3.8) is 0 Å². The summed E-state index contributed by atoms with van der Waals surface area (Å²) >= 11 is 0. The molecule has 20 heavy (non-hydrogen) atoms. The highest BCUT2D eigenvalue weighted by molar-refractivity contribution is 6.04. The Morgan fingerprint density at radius 2 is 1.65 bits per heavy atom. The highest BCUT2D eigenvalue weighted by Crippen LogP contribution is 2.21. The van der Waals surface area contributed by atoms with Crippen LogP contribution in [0, 0.1) is 5.92 Å². The van der Waals surface area contributed by atoms with Gasteiger partial charge in [0.05, 0.1) is 0 Å². The van der Waals surface area contributed by atoms with Crippen LogP contribution in [-0.2, 0) is 11.2 Å². The Kier molecular flexibility index (Phi) is 3.46. The smallest absolute Gasteiger partial charge is 0.248 e. The van der Waals surface area contributed by atoms with E-state index in [1.165, 1.54) is 16.7 Å². The zero-order valence-electron chi connectivity index (χ0n) is 11.5. The molecule has 2 heteroatoms. The van der Waals surface area contributed by atoms with Crippen molar-refractivity contribution in [3.05, 3.63) is 60.2 Å². The molecule has 0 radical (unpaired) electrons. The molecule has 2 nitrogen and oxygen atoms in total. The summed E-state index contributed by atoms with van der Waals surface area (Å²) in [5, 5.41) is 0. The third-order valence-electron chi connectivity index (χ3n) is 3.70. The van der Waals surface area contributed by atoms with Crippen LogP contribution in [0.25, 0.3) is 11.1 Å². The fraction of sp³-hybridized carbons (Fsp3) is 0.222. The average Bonchev–Trinajstić information content (AvgIpc) is 2.79. The van der Waals surface area contributed by atoms with Crippen molar-refractivity contribution in [2.45, 2.75) is 19.8 Å². The van der Waals surface area contributed by atoms with Gasteiger partial charge in [-0.1, -0.05) is 61.5 Å². The van der Waals surface area contributed by atoms with Gasteiger partial charge in [-0.25, -0.2) is 4.99 Å². The summed E-state index contributed by atoms with van der Waals surface area (Å²) in [5.74, 6) is 0.0921. The summed E-state index contributed by atoms with van der Waals surface area (Å²) in [5.41, 5.74) is 4.66. The van der Waals surface area contributed by atoms with Gasteiger partial charge in [0.2, 0.25) is 5.91 Å². The van der Waals surface area contributed by atoms with Crippen molar-refractivity contribution in [1.82, 2.24) is 0 Å². The molecule has 1 aliphatic heterocycles. The molecule has 0 spiro atoms. The Morgan fingerprint density at radius 3 is 2.25 bits per heavy atom. The third kappa shape index (κ3) is 2.69. The summed E-state index contributed by atoms with van der Waals surface area (Å²) in [6.07, 6.45) is 1.59. The van der Waals surface area contributed by atoms with Crippen molar-refractivity contribution in [2.24, 2.45) is 10.9 Å². The molecule has 0 fully saturated rings. The number of nitrogens with zero attached hydrogens (tertiary/aromatic N) is 1. The molecule has 0 N–H and O–H groups in total. The molecule has 2 aromatic carbocycles. The Labute approximate surface area is 119 Å². The lowest BCUT2D eigenvalue weighted by Gasteiger charge is -2.05. The van der Waals surface area contributed by atoms with Gasteiger partial charge in [0.1, 0.15) is 0 Å². The number of carbonyl (C=O) groups excluding carboxylic acids is 1. The fourth-order valence-electron chi connectivity index (χ4n) is 2.55. The number of carbonyl (C=O) groups is 1. The lowest BCUT2D eigenvalue weighted by atomic mass is 9.99. The van der Waals surface area contributed by atoms with Gasteiger partial charge < -0.3 is 0 Å². The fourth-order valence-corrected chi connectivity index (χ4v) is 2.55. The third-order valence-corrected chi connectivity index (χ3v) is 3.70. The van der Waals surface area contributed by atoms with Crippen LogP contribution in [0.1, 0.15) is 18.9 Å². The maximum Gasteiger partial charge on any atom is 0.248 e. The van der Waals surface area contributed by atoms with E-state index in [0.717, 1.165) is 18.6 Å². The van der Waals surface area contributed by atoms with Crippen molar-refractivity contribution in [2.75, 3.05) is 0 Å². The SMILES string of the molecule is CC1CC(Cc2ccc(-c3ccccc3)cc2)=NC1=O. The van der Waals surface area contributed by atoms with Crippen LogP contribution < -0.4 is 0 Å². The molecule has 100 valence electrons. The predicted molar refractivity (Wildman–Crippen MR) is 81.8 cm³/mol. The second kappa shape index (κ2) is 5.41. The Bertz CT molecular complexity index is 641. The maximum atomic E-state index is 11.4. The first-order chi connectivity index (χ1) is 9.72. The second-order valence-corrected chi connectivity index (χ2v) is 5.36. The Morgan fingerprint density at radius 1 is 1.00 bits per heavy atom. The van der Waals surface area contributed by atoms with E-state index in [2.05, 4.69) is 41.4 Å². The van der Waals surface area contributed by atoms with Crippen LogP contribution in [0.15, 0.2) is 59.6 Å². The predicted octanol–water partition coefficient (Wildman–Crippen LogP) is 3.90. The maximum absolute atomic E-state index is 11.4. The van der Waals surface area contributed by atoms with E-state index in [9.17, 15) is 4.79 Å². The van der Waals surface area contributed by atoms with Crippen molar-refractivity contribution >= 4 is 11.6 Å². The van der Waals surface area contributed by atoms with Gasteiger partial charge in [-0.15, -0.1) is 0 Å². The van der Waals surface area contributed by atoms with Crippen LogP contribution >= 0.6 is 0 Å². The molecule has 3 rings (SSSR count). The van der Waals surface area contributed by atoms with Gasteiger partial charge in [-0.2, -0.15) is 0 Å². The van der Waals surface area contributed by atoms with Crippen molar-refractivity contribution in [3.8, 4) is 11.1 Å². The van der Waals surface area contributed by atoms with E-state index >= 15 is 0 Å². The van der Waals surface area contributed by atoms with E-state index in [4.69, 9.17) is 0 Å².